The van der Waals surface area contributed by atoms with Gasteiger partial charge in [0, 0.05) is 16.6 Å². The number of nitrogens with zero attached hydrogens (tertiary/aromatic N) is 2. The molecule has 1 aromatic heterocycles. The van der Waals surface area contributed by atoms with E-state index < -0.39 is 0 Å². The number of ether oxygens (including phenoxy) is 1. The van der Waals surface area contributed by atoms with Gasteiger partial charge in [-0.1, -0.05) is 15.9 Å². The lowest BCUT2D eigenvalue weighted by molar-refractivity contribution is 0.414. The Hall–Kier alpha value is -1.59. The molecular formula is C15H11BrClFN2O. The Morgan fingerprint density at radius 3 is 2.81 bits per heavy atom. The molecule has 2 aromatic carbocycles. The summed E-state index contributed by atoms with van der Waals surface area (Å²) in [5.74, 6) is 1.26. The molecule has 0 saturated carbocycles. The predicted octanol–water partition coefficient (Wildman–Crippen LogP) is 4.67. The molecule has 0 amide bonds. The fourth-order valence-electron chi connectivity index (χ4n) is 2.27. The number of alkyl halides is 1. The molecule has 0 saturated heterocycles. The van der Waals surface area contributed by atoms with Gasteiger partial charge >= 0.3 is 0 Å². The summed E-state index contributed by atoms with van der Waals surface area (Å²) >= 11 is 9.43. The highest BCUT2D eigenvalue weighted by Crippen LogP contribution is 2.28. The van der Waals surface area contributed by atoms with E-state index in [0.717, 1.165) is 10.2 Å². The topological polar surface area (TPSA) is 27.1 Å². The van der Waals surface area contributed by atoms with E-state index in [-0.39, 0.29) is 11.7 Å². The third kappa shape index (κ3) is 2.63. The van der Waals surface area contributed by atoms with E-state index in [9.17, 15) is 4.39 Å². The Labute approximate surface area is 134 Å². The van der Waals surface area contributed by atoms with Crippen LogP contribution in [0.4, 0.5) is 4.39 Å². The van der Waals surface area contributed by atoms with Crippen LogP contribution in [0.1, 0.15) is 5.82 Å². The smallest absolute Gasteiger partial charge is 0.129 e. The quantitative estimate of drug-likeness (QED) is 0.627. The highest BCUT2D eigenvalue weighted by atomic mass is 79.9. The van der Waals surface area contributed by atoms with Crippen molar-refractivity contribution in [2.24, 2.45) is 0 Å². The summed E-state index contributed by atoms with van der Waals surface area (Å²) < 4.78 is 21.5. The Balaban J connectivity index is 2.32. The second-order valence-corrected chi connectivity index (χ2v) is 5.66. The lowest BCUT2D eigenvalue weighted by Gasteiger charge is -2.10. The van der Waals surface area contributed by atoms with Crippen molar-refractivity contribution in [2.75, 3.05) is 7.11 Å². The number of imidazole rings is 1. The van der Waals surface area contributed by atoms with E-state index in [1.807, 2.05) is 22.8 Å². The molecule has 0 fully saturated rings. The minimum absolute atomic E-state index is 0.227. The number of methoxy groups -OCH3 is 1. The molecule has 1 heterocycles. The number of halogens is 3. The maximum atomic E-state index is 13.6. The Morgan fingerprint density at radius 1 is 1.29 bits per heavy atom. The summed E-state index contributed by atoms with van der Waals surface area (Å²) in [6, 6.07) is 10.1. The van der Waals surface area contributed by atoms with Crippen molar-refractivity contribution in [3.63, 3.8) is 0 Å². The van der Waals surface area contributed by atoms with Crippen molar-refractivity contribution in [3.8, 4) is 11.4 Å². The lowest BCUT2D eigenvalue weighted by Crippen LogP contribution is -2.00. The van der Waals surface area contributed by atoms with Gasteiger partial charge in [-0.3, -0.25) is 4.57 Å². The maximum Gasteiger partial charge on any atom is 0.129 e. The van der Waals surface area contributed by atoms with Gasteiger partial charge in [0.05, 0.1) is 29.7 Å². The molecule has 0 spiro atoms. The zero-order valence-electron chi connectivity index (χ0n) is 11.1. The monoisotopic (exact) mass is 368 g/mol. The number of hydrogen-bond acceptors (Lipinski definition) is 2. The number of hydrogen-bond donors (Lipinski definition) is 0. The van der Waals surface area contributed by atoms with Crippen LogP contribution in [0.15, 0.2) is 40.9 Å². The molecule has 0 aliphatic carbocycles. The molecule has 0 aliphatic rings. The molecular weight excluding hydrogens is 359 g/mol. The standard InChI is InChI=1S/C15H11BrClFN2O/c1-21-12-5-9(16)4-11(7-12)20-14-6-10(18)2-3-13(14)19-15(20)8-17/h2-7H,8H2,1H3. The van der Waals surface area contributed by atoms with E-state index in [4.69, 9.17) is 16.3 Å². The SMILES string of the molecule is COc1cc(Br)cc(-n2c(CCl)nc3ccc(F)cc32)c1. The third-order valence-electron chi connectivity index (χ3n) is 3.16. The van der Waals surface area contributed by atoms with Crippen molar-refractivity contribution < 1.29 is 9.13 Å². The summed E-state index contributed by atoms with van der Waals surface area (Å²) in [6.45, 7) is 0. The first-order chi connectivity index (χ1) is 10.1. The average molecular weight is 370 g/mol. The molecule has 108 valence electrons. The molecule has 0 radical (unpaired) electrons. The van der Waals surface area contributed by atoms with E-state index >= 15 is 0 Å². The summed E-state index contributed by atoms with van der Waals surface area (Å²) in [7, 11) is 1.60. The molecule has 0 atom stereocenters. The van der Waals surface area contributed by atoms with Crippen LogP contribution in [0, 0.1) is 5.82 Å². The van der Waals surface area contributed by atoms with Crippen molar-refractivity contribution >= 4 is 38.6 Å². The van der Waals surface area contributed by atoms with E-state index in [0.29, 0.717) is 22.6 Å². The van der Waals surface area contributed by atoms with Crippen LogP contribution in [-0.4, -0.2) is 16.7 Å². The average Bonchev–Trinajstić information content (AvgIpc) is 2.84. The Morgan fingerprint density at radius 2 is 2.10 bits per heavy atom. The number of fused-ring (bicyclic) bond motifs is 1. The van der Waals surface area contributed by atoms with Crippen molar-refractivity contribution in [3.05, 3.63) is 52.5 Å². The first kappa shape index (κ1) is 14.4. The molecule has 0 unspecified atom stereocenters. The van der Waals surface area contributed by atoms with Gasteiger partial charge < -0.3 is 4.74 Å². The van der Waals surface area contributed by atoms with Crippen molar-refractivity contribution in [1.29, 1.82) is 0 Å². The van der Waals surface area contributed by atoms with Gasteiger partial charge in [0.1, 0.15) is 17.4 Å². The van der Waals surface area contributed by atoms with E-state index in [2.05, 4.69) is 20.9 Å². The van der Waals surface area contributed by atoms with Crippen LogP contribution in [0.3, 0.4) is 0 Å². The van der Waals surface area contributed by atoms with Crippen molar-refractivity contribution in [1.82, 2.24) is 9.55 Å². The number of aromatic nitrogens is 2. The normalized spacial score (nSPS) is 11.0. The third-order valence-corrected chi connectivity index (χ3v) is 3.85. The second-order valence-electron chi connectivity index (χ2n) is 4.48. The summed E-state index contributed by atoms with van der Waals surface area (Å²) in [6.07, 6.45) is 0. The molecule has 6 heteroatoms. The summed E-state index contributed by atoms with van der Waals surface area (Å²) in [5.41, 5.74) is 2.18. The van der Waals surface area contributed by atoms with Gasteiger partial charge in [0.15, 0.2) is 0 Å². The molecule has 0 bridgehead atoms. The summed E-state index contributed by atoms with van der Waals surface area (Å²) in [4.78, 5) is 4.44. The van der Waals surface area contributed by atoms with E-state index in [1.165, 1.54) is 12.1 Å². The molecule has 0 N–H and O–H groups in total. The number of benzene rings is 2. The van der Waals surface area contributed by atoms with Crippen LogP contribution in [0.2, 0.25) is 0 Å². The lowest BCUT2D eigenvalue weighted by atomic mass is 10.2. The second kappa shape index (κ2) is 5.66. The summed E-state index contributed by atoms with van der Waals surface area (Å²) in [5, 5.41) is 0. The molecule has 0 aliphatic heterocycles. The molecule has 3 aromatic rings. The van der Waals surface area contributed by atoms with E-state index in [1.54, 1.807) is 13.2 Å². The van der Waals surface area contributed by atoms with Gasteiger partial charge in [-0.2, -0.15) is 0 Å². The minimum Gasteiger partial charge on any atom is -0.497 e. The van der Waals surface area contributed by atoms with Gasteiger partial charge in [0.25, 0.3) is 0 Å². The van der Waals surface area contributed by atoms with Gasteiger partial charge in [-0.15, -0.1) is 11.6 Å². The highest BCUT2D eigenvalue weighted by Gasteiger charge is 2.13. The fourth-order valence-corrected chi connectivity index (χ4v) is 2.91. The van der Waals surface area contributed by atoms with Crippen LogP contribution in [-0.2, 0) is 5.88 Å². The highest BCUT2D eigenvalue weighted by molar-refractivity contribution is 9.10. The van der Waals surface area contributed by atoms with Crippen LogP contribution >= 0.6 is 27.5 Å². The Bertz CT molecular complexity index is 819. The van der Waals surface area contributed by atoms with Crippen LogP contribution in [0.5, 0.6) is 5.75 Å². The van der Waals surface area contributed by atoms with Crippen LogP contribution in [0.25, 0.3) is 16.7 Å². The predicted molar refractivity (Wildman–Crippen MR) is 84.8 cm³/mol. The van der Waals surface area contributed by atoms with Crippen molar-refractivity contribution in [2.45, 2.75) is 5.88 Å². The number of rotatable bonds is 3. The largest absolute Gasteiger partial charge is 0.497 e. The minimum atomic E-state index is -0.313. The van der Waals surface area contributed by atoms with Gasteiger partial charge in [-0.25, -0.2) is 9.37 Å². The maximum absolute atomic E-state index is 13.6. The fraction of sp³-hybridized carbons (Fsp3) is 0.133. The van der Waals surface area contributed by atoms with Crippen LogP contribution < -0.4 is 4.74 Å². The first-order valence-electron chi connectivity index (χ1n) is 6.20. The van der Waals surface area contributed by atoms with Gasteiger partial charge in [0.2, 0.25) is 0 Å². The Kier molecular flexibility index (Phi) is 3.87. The molecule has 3 rings (SSSR count). The zero-order chi connectivity index (χ0) is 15.0. The first-order valence-corrected chi connectivity index (χ1v) is 7.53. The van der Waals surface area contributed by atoms with Gasteiger partial charge in [-0.05, 0) is 24.3 Å². The zero-order valence-corrected chi connectivity index (χ0v) is 13.4. The molecule has 21 heavy (non-hydrogen) atoms. The molecule has 3 nitrogen and oxygen atoms in total.